The van der Waals surface area contributed by atoms with Crippen LogP contribution in [0.2, 0.25) is 5.02 Å². The van der Waals surface area contributed by atoms with Gasteiger partial charge in [-0.3, -0.25) is 4.79 Å². The fraction of sp³-hybridized carbons (Fsp3) is 0.438. The van der Waals surface area contributed by atoms with E-state index in [1.165, 1.54) is 24.6 Å². The molecule has 1 N–H and O–H groups in total. The molecule has 128 valence electrons. The number of rotatable bonds is 8. The van der Waals surface area contributed by atoms with Gasteiger partial charge in [0, 0.05) is 29.7 Å². The highest BCUT2D eigenvalue weighted by Gasteiger charge is 2.25. The van der Waals surface area contributed by atoms with Gasteiger partial charge in [0.15, 0.2) is 0 Å². The van der Waals surface area contributed by atoms with Crippen LogP contribution in [0, 0.1) is 0 Å². The first-order chi connectivity index (χ1) is 11.6. The van der Waals surface area contributed by atoms with Crippen LogP contribution < -0.4 is 5.32 Å². The zero-order valence-corrected chi connectivity index (χ0v) is 14.9. The summed E-state index contributed by atoms with van der Waals surface area (Å²) in [5.41, 5.74) is 0.798. The third-order valence-electron chi connectivity index (χ3n) is 3.78. The summed E-state index contributed by atoms with van der Waals surface area (Å²) in [7, 11) is 2.09. The quantitative estimate of drug-likeness (QED) is 0.724. The summed E-state index contributed by atoms with van der Waals surface area (Å²) < 4.78 is 5.55. The van der Waals surface area contributed by atoms with E-state index in [-0.39, 0.29) is 11.7 Å². The fourth-order valence-electron chi connectivity index (χ4n) is 2.23. The number of halogens is 1. The number of benzene rings is 1. The van der Waals surface area contributed by atoms with Crippen LogP contribution in [0.4, 0.5) is 0 Å². The highest BCUT2D eigenvalue weighted by Crippen LogP contribution is 2.25. The minimum Gasteiger partial charge on any atom is -0.411 e. The molecule has 0 aliphatic heterocycles. The summed E-state index contributed by atoms with van der Waals surface area (Å²) in [6, 6.07) is 7.86. The number of hydrogen-bond donors (Lipinski definition) is 1. The lowest BCUT2D eigenvalue weighted by Crippen LogP contribution is -2.34. The summed E-state index contributed by atoms with van der Waals surface area (Å²) in [6.45, 7) is 1.54. The second-order valence-electron chi connectivity index (χ2n) is 5.73. The van der Waals surface area contributed by atoms with Gasteiger partial charge in [0.1, 0.15) is 0 Å². The fourth-order valence-corrected chi connectivity index (χ4v) is 2.94. The molecule has 0 radical (unpaired) electrons. The molecule has 6 nitrogen and oxygen atoms in total. The number of hydrogen-bond acceptors (Lipinski definition) is 6. The summed E-state index contributed by atoms with van der Waals surface area (Å²) >= 11 is 7.09. The number of carbonyl (C=O) groups excluding carboxylic acids is 1. The van der Waals surface area contributed by atoms with Crippen LogP contribution in [0.1, 0.15) is 12.8 Å². The molecule has 3 rings (SSSR count). The molecular formula is C16H19ClN4O2S. The summed E-state index contributed by atoms with van der Waals surface area (Å²) in [6.07, 6.45) is 2.54. The van der Waals surface area contributed by atoms with Crippen LogP contribution in [0.5, 0.6) is 0 Å². The molecule has 1 fully saturated rings. The SMILES string of the molecule is CN(CCNC(=O)CSc1nnc(-c2ccc(Cl)cc2)o1)C1CC1. The van der Waals surface area contributed by atoms with Crippen molar-refractivity contribution < 1.29 is 9.21 Å². The van der Waals surface area contributed by atoms with E-state index in [4.69, 9.17) is 16.0 Å². The van der Waals surface area contributed by atoms with Crippen molar-refractivity contribution in [2.75, 3.05) is 25.9 Å². The second-order valence-corrected chi connectivity index (χ2v) is 7.09. The first-order valence-electron chi connectivity index (χ1n) is 7.81. The predicted octanol–water partition coefficient (Wildman–Crippen LogP) is 2.69. The Morgan fingerprint density at radius 1 is 1.38 bits per heavy atom. The van der Waals surface area contributed by atoms with Gasteiger partial charge in [0.25, 0.3) is 5.22 Å². The number of nitrogens with one attached hydrogen (secondary N) is 1. The number of aromatic nitrogens is 2. The van der Waals surface area contributed by atoms with Gasteiger partial charge in [-0.05, 0) is 44.2 Å². The van der Waals surface area contributed by atoms with E-state index in [2.05, 4.69) is 27.5 Å². The lowest BCUT2D eigenvalue weighted by atomic mass is 10.2. The average Bonchev–Trinajstić information content (AvgIpc) is 3.32. The van der Waals surface area contributed by atoms with Crippen LogP contribution in [0.25, 0.3) is 11.5 Å². The Kier molecular flexibility index (Phi) is 5.76. The van der Waals surface area contributed by atoms with Crippen molar-refractivity contribution in [3.8, 4) is 11.5 Å². The molecule has 0 atom stereocenters. The average molecular weight is 367 g/mol. The third-order valence-corrected chi connectivity index (χ3v) is 4.85. The Bertz CT molecular complexity index is 688. The molecule has 0 bridgehead atoms. The minimum atomic E-state index is -0.0320. The molecule has 0 unspecified atom stereocenters. The van der Waals surface area contributed by atoms with Crippen LogP contribution in [0.15, 0.2) is 33.9 Å². The lowest BCUT2D eigenvalue weighted by molar-refractivity contribution is -0.118. The molecule has 1 aromatic carbocycles. The van der Waals surface area contributed by atoms with Crippen molar-refractivity contribution in [2.24, 2.45) is 0 Å². The summed E-state index contributed by atoms with van der Waals surface area (Å²) in [5.74, 6) is 0.645. The van der Waals surface area contributed by atoms with E-state index in [1.54, 1.807) is 12.1 Å². The molecule has 0 spiro atoms. The third kappa shape index (κ3) is 4.96. The molecule has 1 aliphatic rings. The normalized spacial score (nSPS) is 14.1. The zero-order valence-electron chi connectivity index (χ0n) is 13.4. The molecule has 1 amide bonds. The lowest BCUT2D eigenvalue weighted by Gasteiger charge is -2.15. The zero-order chi connectivity index (χ0) is 16.9. The van der Waals surface area contributed by atoms with Crippen molar-refractivity contribution in [2.45, 2.75) is 24.1 Å². The smallest absolute Gasteiger partial charge is 0.277 e. The molecule has 1 heterocycles. The maximum Gasteiger partial charge on any atom is 0.277 e. The predicted molar refractivity (Wildman–Crippen MR) is 94.1 cm³/mol. The summed E-state index contributed by atoms with van der Waals surface area (Å²) in [4.78, 5) is 14.1. The van der Waals surface area contributed by atoms with Gasteiger partial charge in [-0.2, -0.15) is 0 Å². The van der Waals surface area contributed by atoms with Crippen molar-refractivity contribution in [3.63, 3.8) is 0 Å². The number of amides is 1. The van der Waals surface area contributed by atoms with Gasteiger partial charge in [0.2, 0.25) is 11.8 Å². The van der Waals surface area contributed by atoms with Crippen molar-refractivity contribution in [1.82, 2.24) is 20.4 Å². The van der Waals surface area contributed by atoms with Crippen molar-refractivity contribution >= 4 is 29.3 Å². The monoisotopic (exact) mass is 366 g/mol. The van der Waals surface area contributed by atoms with Gasteiger partial charge in [-0.15, -0.1) is 10.2 Å². The van der Waals surface area contributed by atoms with E-state index in [0.29, 0.717) is 28.7 Å². The molecule has 0 saturated heterocycles. The van der Waals surface area contributed by atoms with Crippen LogP contribution in [0.3, 0.4) is 0 Å². The highest BCUT2D eigenvalue weighted by atomic mass is 35.5. The van der Waals surface area contributed by atoms with E-state index in [9.17, 15) is 4.79 Å². The maximum absolute atomic E-state index is 11.8. The molecular weight excluding hydrogens is 348 g/mol. The van der Waals surface area contributed by atoms with Crippen LogP contribution >= 0.6 is 23.4 Å². The molecule has 1 saturated carbocycles. The summed E-state index contributed by atoms with van der Waals surface area (Å²) in [5, 5.41) is 11.9. The maximum atomic E-state index is 11.8. The Balaban J connectivity index is 1.41. The Labute approximate surface area is 150 Å². The van der Waals surface area contributed by atoms with E-state index in [0.717, 1.165) is 12.1 Å². The van der Waals surface area contributed by atoms with Gasteiger partial charge in [-0.1, -0.05) is 23.4 Å². The van der Waals surface area contributed by atoms with Crippen LogP contribution in [-0.2, 0) is 4.79 Å². The Hall–Kier alpha value is -1.57. The minimum absolute atomic E-state index is 0.0320. The van der Waals surface area contributed by atoms with Crippen LogP contribution in [-0.4, -0.2) is 52.9 Å². The number of carbonyl (C=O) groups is 1. The molecule has 1 aromatic heterocycles. The molecule has 24 heavy (non-hydrogen) atoms. The first-order valence-corrected chi connectivity index (χ1v) is 9.17. The van der Waals surface area contributed by atoms with Gasteiger partial charge >= 0.3 is 0 Å². The van der Waals surface area contributed by atoms with E-state index in [1.807, 2.05) is 12.1 Å². The van der Waals surface area contributed by atoms with Gasteiger partial charge in [-0.25, -0.2) is 0 Å². The largest absolute Gasteiger partial charge is 0.411 e. The number of likely N-dealkylation sites (N-methyl/N-ethyl adjacent to an activating group) is 1. The van der Waals surface area contributed by atoms with Gasteiger partial charge < -0.3 is 14.6 Å². The van der Waals surface area contributed by atoms with Crippen molar-refractivity contribution in [3.05, 3.63) is 29.3 Å². The Morgan fingerprint density at radius 2 is 2.12 bits per heavy atom. The molecule has 8 heteroatoms. The van der Waals surface area contributed by atoms with Gasteiger partial charge in [0.05, 0.1) is 5.75 Å². The van der Waals surface area contributed by atoms with E-state index < -0.39 is 0 Å². The standard InChI is InChI=1S/C16H19ClN4O2S/c1-21(13-6-7-13)9-8-18-14(22)10-24-16-20-19-15(23-16)11-2-4-12(17)5-3-11/h2-5,13H,6-10H2,1H3,(H,18,22). The first kappa shape index (κ1) is 17.3. The topological polar surface area (TPSA) is 71.3 Å². The van der Waals surface area contributed by atoms with Crippen molar-refractivity contribution in [1.29, 1.82) is 0 Å². The number of thioether (sulfide) groups is 1. The Morgan fingerprint density at radius 3 is 2.83 bits per heavy atom. The highest BCUT2D eigenvalue weighted by molar-refractivity contribution is 7.99. The second kappa shape index (κ2) is 8.00. The molecule has 2 aromatic rings. The van der Waals surface area contributed by atoms with E-state index >= 15 is 0 Å². The molecule has 1 aliphatic carbocycles. The number of nitrogens with zero attached hydrogens (tertiary/aromatic N) is 3.